The zero-order valence-corrected chi connectivity index (χ0v) is 13.9. The highest BCUT2D eigenvalue weighted by Crippen LogP contribution is 2.30. The molecular weight excluding hydrogens is 244 g/mol. The molecule has 0 aliphatic rings. The Balaban J connectivity index is 4.12. The van der Waals surface area contributed by atoms with Crippen LogP contribution in [0.25, 0.3) is 0 Å². The van der Waals surface area contributed by atoms with Gasteiger partial charge in [0.2, 0.25) is 0 Å². The van der Waals surface area contributed by atoms with Crippen LogP contribution in [0.5, 0.6) is 0 Å². The Kier molecular flexibility index (Phi) is 10.4. The van der Waals surface area contributed by atoms with Gasteiger partial charge in [0.1, 0.15) is 0 Å². The molecule has 0 saturated heterocycles. The van der Waals surface area contributed by atoms with Crippen molar-refractivity contribution in [3.63, 3.8) is 0 Å². The van der Waals surface area contributed by atoms with Gasteiger partial charge in [-0.3, -0.25) is 0 Å². The smallest absolute Gasteiger partial charge is 0.0140 e. The summed E-state index contributed by atoms with van der Waals surface area (Å²) in [6.45, 7) is 9.34. The van der Waals surface area contributed by atoms with Crippen LogP contribution in [0.2, 0.25) is 0 Å². The monoisotopic (exact) mass is 278 g/mol. The fourth-order valence-electron chi connectivity index (χ4n) is 2.09. The lowest BCUT2D eigenvalue weighted by Gasteiger charge is -2.33. The Bertz CT molecular complexity index is 324. The highest BCUT2D eigenvalue weighted by Gasteiger charge is 2.27. The molecule has 116 valence electrons. The number of allylic oxidation sites excluding steroid dienone is 5. The maximum atomic E-state index is 6.22. The van der Waals surface area contributed by atoms with Crippen LogP contribution in [0, 0.1) is 5.41 Å². The van der Waals surface area contributed by atoms with E-state index in [4.69, 9.17) is 11.5 Å². The molecule has 0 saturated carbocycles. The van der Waals surface area contributed by atoms with Crippen molar-refractivity contribution < 1.29 is 0 Å². The van der Waals surface area contributed by atoms with Crippen LogP contribution in [-0.4, -0.2) is 12.6 Å². The minimum atomic E-state index is 0.0367. The lowest BCUT2D eigenvalue weighted by Crippen LogP contribution is -2.39. The molecule has 0 aromatic rings. The van der Waals surface area contributed by atoms with Crippen LogP contribution in [0.15, 0.2) is 36.0 Å². The molecule has 1 unspecified atom stereocenters. The molecule has 0 heterocycles. The Morgan fingerprint density at radius 2 is 1.60 bits per heavy atom. The molecule has 0 aromatic carbocycles. The third kappa shape index (κ3) is 7.66. The van der Waals surface area contributed by atoms with Gasteiger partial charge in [-0.2, -0.15) is 0 Å². The first-order chi connectivity index (χ1) is 9.46. The summed E-state index contributed by atoms with van der Waals surface area (Å²) in [6, 6.07) is 0.139. The summed E-state index contributed by atoms with van der Waals surface area (Å²) in [5, 5.41) is 0. The fourth-order valence-corrected chi connectivity index (χ4v) is 2.09. The fraction of sp³-hybridized carbons (Fsp3) is 0.667. The highest BCUT2D eigenvalue weighted by atomic mass is 14.7. The van der Waals surface area contributed by atoms with Gasteiger partial charge in [0, 0.05) is 11.5 Å². The van der Waals surface area contributed by atoms with Crippen molar-refractivity contribution in [2.45, 2.75) is 65.8 Å². The second kappa shape index (κ2) is 10.9. The van der Waals surface area contributed by atoms with E-state index in [9.17, 15) is 0 Å². The Morgan fingerprint density at radius 3 is 2.15 bits per heavy atom. The average molecular weight is 278 g/mol. The number of hydrogen-bond donors (Lipinski definition) is 2. The molecule has 0 bridgehead atoms. The van der Waals surface area contributed by atoms with E-state index < -0.39 is 0 Å². The molecule has 0 radical (unpaired) electrons. The van der Waals surface area contributed by atoms with Crippen LogP contribution in [-0.2, 0) is 0 Å². The lowest BCUT2D eigenvalue weighted by molar-refractivity contribution is 0.333. The summed E-state index contributed by atoms with van der Waals surface area (Å²) in [5.41, 5.74) is 13.2. The van der Waals surface area contributed by atoms with E-state index >= 15 is 0 Å². The average Bonchev–Trinajstić information content (AvgIpc) is 2.41. The third-order valence-corrected chi connectivity index (χ3v) is 4.11. The molecule has 4 N–H and O–H groups in total. The normalized spacial score (nSPS) is 15.4. The van der Waals surface area contributed by atoms with Gasteiger partial charge < -0.3 is 11.5 Å². The molecule has 2 nitrogen and oxygen atoms in total. The minimum Gasteiger partial charge on any atom is -0.330 e. The number of rotatable bonds is 10. The quantitative estimate of drug-likeness (QED) is 0.461. The standard InChI is InChI=1S/C18H34N2/c1-5-6-7-8-9-10-11-12-13-16(2)18(3,4)17(20)14-15-19/h5-6,9-10,13,17H,7-8,11-12,14-15,19-20H2,1-4H3. The van der Waals surface area contributed by atoms with Crippen LogP contribution in [0.3, 0.4) is 0 Å². The molecule has 0 rings (SSSR count). The summed E-state index contributed by atoms with van der Waals surface area (Å²) < 4.78 is 0. The number of unbranched alkanes of at least 4 members (excludes halogenated alkanes) is 2. The molecule has 1 atom stereocenters. The number of hydrogen-bond acceptors (Lipinski definition) is 2. The molecule has 20 heavy (non-hydrogen) atoms. The minimum absolute atomic E-state index is 0.0367. The first-order valence-electron chi connectivity index (χ1n) is 7.85. The van der Waals surface area contributed by atoms with E-state index in [2.05, 4.69) is 58.1 Å². The summed E-state index contributed by atoms with van der Waals surface area (Å²) in [7, 11) is 0. The molecule has 0 aromatic heterocycles. The predicted molar refractivity (Wildman–Crippen MR) is 91.6 cm³/mol. The van der Waals surface area contributed by atoms with Crippen molar-refractivity contribution in [2.75, 3.05) is 6.54 Å². The molecule has 2 heteroatoms. The summed E-state index contributed by atoms with van der Waals surface area (Å²) >= 11 is 0. The van der Waals surface area contributed by atoms with E-state index in [0.717, 1.165) is 32.1 Å². The van der Waals surface area contributed by atoms with E-state index in [1.54, 1.807) is 0 Å². The van der Waals surface area contributed by atoms with Gasteiger partial charge in [0.25, 0.3) is 0 Å². The first-order valence-corrected chi connectivity index (χ1v) is 7.85. The zero-order chi connectivity index (χ0) is 15.4. The van der Waals surface area contributed by atoms with Gasteiger partial charge in [0.15, 0.2) is 0 Å². The summed E-state index contributed by atoms with van der Waals surface area (Å²) in [5.74, 6) is 0. The molecular formula is C18H34N2. The van der Waals surface area contributed by atoms with Crippen LogP contribution in [0.1, 0.15) is 59.8 Å². The second-order valence-electron chi connectivity index (χ2n) is 5.99. The van der Waals surface area contributed by atoms with Gasteiger partial charge in [-0.25, -0.2) is 0 Å². The van der Waals surface area contributed by atoms with E-state index in [0.29, 0.717) is 6.54 Å². The van der Waals surface area contributed by atoms with Crippen LogP contribution >= 0.6 is 0 Å². The lowest BCUT2D eigenvalue weighted by atomic mass is 9.76. The van der Waals surface area contributed by atoms with E-state index in [-0.39, 0.29) is 11.5 Å². The van der Waals surface area contributed by atoms with Crippen molar-refractivity contribution in [3.8, 4) is 0 Å². The van der Waals surface area contributed by atoms with Gasteiger partial charge >= 0.3 is 0 Å². The highest BCUT2D eigenvalue weighted by molar-refractivity contribution is 5.13. The second-order valence-corrected chi connectivity index (χ2v) is 5.99. The maximum absolute atomic E-state index is 6.22. The van der Waals surface area contributed by atoms with Crippen molar-refractivity contribution >= 4 is 0 Å². The van der Waals surface area contributed by atoms with Crippen LogP contribution in [0.4, 0.5) is 0 Å². The van der Waals surface area contributed by atoms with E-state index in [1.807, 2.05) is 0 Å². The molecule has 0 amide bonds. The van der Waals surface area contributed by atoms with Gasteiger partial charge in [0.05, 0.1) is 0 Å². The zero-order valence-electron chi connectivity index (χ0n) is 13.9. The Hall–Kier alpha value is -0.860. The van der Waals surface area contributed by atoms with Crippen molar-refractivity contribution in [1.29, 1.82) is 0 Å². The molecule has 0 fully saturated rings. The van der Waals surface area contributed by atoms with Crippen LogP contribution < -0.4 is 11.5 Å². The van der Waals surface area contributed by atoms with Gasteiger partial charge in [-0.1, -0.05) is 49.8 Å². The largest absolute Gasteiger partial charge is 0.330 e. The van der Waals surface area contributed by atoms with Crippen molar-refractivity contribution in [2.24, 2.45) is 16.9 Å². The first kappa shape index (κ1) is 19.1. The SMILES string of the molecule is CC=CCCC=CCCC=C(C)C(C)(C)C(N)CCN. The van der Waals surface area contributed by atoms with E-state index in [1.165, 1.54) is 5.57 Å². The van der Waals surface area contributed by atoms with Gasteiger partial charge in [-0.05, 0) is 52.5 Å². The third-order valence-electron chi connectivity index (χ3n) is 4.11. The van der Waals surface area contributed by atoms with Crippen molar-refractivity contribution in [1.82, 2.24) is 0 Å². The molecule has 0 aliphatic heterocycles. The van der Waals surface area contributed by atoms with Gasteiger partial charge in [-0.15, -0.1) is 0 Å². The maximum Gasteiger partial charge on any atom is 0.0140 e. The summed E-state index contributed by atoms with van der Waals surface area (Å²) in [6.07, 6.45) is 16.5. The molecule has 0 aliphatic carbocycles. The van der Waals surface area contributed by atoms with Crippen molar-refractivity contribution in [3.05, 3.63) is 36.0 Å². The topological polar surface area (TPSA) is 52.0 Å². The Morgan fingerprint density at radius 1 is 1.05 bits per heavy atom. The summed E-state index contributed by atoms with van der Waals surface area (Å²) in [4.78, 5) is 0. The Labute approximate surface area is 126 Å². The number of nitrogens with two attached hydrogens (primary N) is 2. The molecule has 0 spiro atoms. The predicted octanol–water partition coefficient (Wildman–Crippen LogP) is 4.33.